The van der Waals surface area contributed by atoms with Crippen molar-refractivity contribution in [1.82, 2.24) is 4.90 Å². The second kappa shape index (κ2) is 4.63. The fourth-order valence-electron chi connectivity index (χ4n) is 1.78. The first-order valence-electron chi connectivity index (χ1n) is 5.30. The van der Waals surface area contributed by atoms with Crippen LogP contribution in [0, 0.1) is 0 Å². The Balaban J connectivity index is 1.92. The van der Waals surface area contributed by atoms with Crippen molar-refractivity contribution in [3.63, 3.8) is 0 Å². The summed E-state index contributed by atoms with van der Waals surface area (Å²) in [5.74, 6) is 0.406. The standard InChI is InChI=1S/C10H16N2O3/c1-11-2-4-12(5-3-11)10(13)9-8-14-6-7-15-9/h8H,2-7H2,1H3/p+1. The molecule has 5 heteroatoms. The number of ether oxygens (including phenoxy) is 2. The van der Waals surface area contributed by atoms with Gasteiger partial charge >= 0.3 is 5.91 Å². The highest BCUT2D eigenvalue weighted by Crippen LogP contribution is 2.02. The molecule has 0 atom stereocenters. The number of quaternary nitrogens is 1. The van der Waals surface area contributed by atoms with Crippen LogP contribution in [-0.4, -0.2) is 57.2 Å². The lowest BCUT2D eigenvalue weighted by molar-refractivity contribution is -0.824. The van der Waals surface area contributed by atoms with E-state index in [1.807, 2.05) is 0 Å². The van der Waals surface area contributed by atoms with E-state index in [0.29, 0.717) is 19.0 Å². The van der Waals surface area contributed by atoms with Gasteiger partial charge in [0.15, 0.2) is 0 Å². The minimum Gasteiger partial charge on any atom is -0.493 e. The van der Waals surface area contributed by atoms with Crippen LogP contribution in [0.1, 0.15) is 0 Å². The minimum atomic E-state index is 0.0304. The van der Waals surface area contributed by atoms with Crippen LogP contribution in [0.4, 0.5) is 0 Å². The molecule has 2 aliphatic heterocycles. The summed E-state index contributed by atoms with van der Waals surface area (Å²) in [6, 6.07) is 0. The maximum Gasteiger partial charge on any atom is 0.382 e. The van der Waals surface area contributed by atoms with Gasteiger partial charge in [0.1, 0.15) is 19.5 Å². The summed E-state index contributed by atoms with van der Waals surface area (Å²) in [6.45, 7) is 4.61. The number of carbonyl (C=O) groups excluding carboxylic acids is 1. The fourth-order valence-corrected chi connectivity index (χ4v) is 1.78. The van der Waals surface area contributed by atoms with Crippen LogP contribution in [0.2, 0.25) is 0 Å². The van der Waals surface area contributed by atoms with Crippen molar-refractivity contribution < 1.29 is 19.2 Å². The smallest absolute Gasteiger partial charge is 0.382 e. The summed E-state index contributed by atoms with van der Waals surface area (Å²) in [6.07, 6.45) is 1.44. The Morgan fingerprint density at radius 2 is 2.13 bits per heavy atom. The van der Waals surface area contributed by atoms with Crippen LogP contribution in [-0.2, 0) is 14.3 Å². The number of nitrogens with zero attached hydrogens (tertiary/aromatic N) is 1. The molecule has 0 aromatic carbocycles. The number of likely N-dealkylation sites (N-methyl/N-ethyl adjacent to an activating group) is 1. The number of hydrogen-bond acceptors (Lipinski definition) is 4. The number of nitrogens with one attached hydrogen (secondary N) is 1. The molecule has 0 spiro atoms. The summed E-state index contributed by atoms with van der Waals surface area (Å²) in [4.78, 5) is 15.1. The monoisotopic (exact) mass is 213 g/mol. The highest BCUT2D eigenvalue weighted by atomic mass is 16.6. The molecule has 1 N–H and O–H groups in total. The highest BCUT2D eigenvalue weighted by Gasteiger charge is 2.29. The normalized spacial score (nSPS) is 23.9. The molecule has 0 aromatic rings. The molecule has 1 fully saturated rings. The van der Waals surface area contributed by atoms with Crippen molar-refractivity contribution in [3.8, 4) is 0 Å². The molecule has 5 nitrogen and oxygen atoms in total. The van der Waals surface area contributed by atoms with Gasteiger partial charge in [0, 0.05) is 13.1 Å². The average Bonchev–Trinajstić information content (AvgIpc) is 2.30. The van der Waals surface area contributed by atoms with E-state index in [1.54, 1.807) is 0 Å². The topological polar surface area (TPSA) is 43.2 Å². The van der Waals surface area contributed by atoms with Gasteiger partial charge in [0.05, 0.1) is 13.1 Å². The molecular weight excluding hydrogens is 196 g/mol. The molecule has 0 aliphatic carbocycles. The molecule has 0 bridgehead atoms. The van der Waals surface area contributed by atoms with Gasteiger partial charge in [-0.15, -0.1) is 0 Å². The van der Waals surface area contributed by atoms with Crippen LogP contribution < -0.4 is 4.90 Å². The van der Waals surface area contributed by atoms with E-state index in [9.17, 15) is 4.79 Å². The molecule has 0 aromatic heterocycles. The van der Waals surface area contributed by atoms with E-state index in [0.717, 1.165) is 31.1 Å². The Kier molecular flexibility index (Phi) is 3.23. The van der Waals surface area contributed by atoms with Crippen LogP contribution in [0.15, 0.2) is 12.0 Å². The van der Waals surface area contributed by atoms with E-state index in [1.165, 1.54) is 6.26 Å². The van der Waals surface area contributed by atoms with Crippen molar-refractivity contribution >= 4 is 5.91 Å². The summed E-state index contributed by atoms with van der Waals surface area (Å²) in [5, 5.41) is 0. The lowest BCUT2D eigenvalue weighted by atomic mass is 10.3. The van der Waals surface area contributed by atoms with E-state index < -0.39 is 0 Å². The molecule has 2 rings (SSSR count). The first-order chi connectivity index (χ1) is 7.27. The third-order valence-electron chi connectivity index (χ3n) is 2.78. The number of amides is 1. The van der Waals surface area contributed by atoms with Gasteiger partial charge in [-0.3, -0.25) is 9.80 Å². The zero-order chi connectivity index (χ0) is 10.7. The number of rotatable bonds is 1. The summed E-state index contributed by atoms with van der Waals surface area (Å²) in [5.41, 5.74) is 0. The van der Waals surface area contributed by atoms with Crippen molar-refractivity contribution in [1.29, 1.82) is 0 Å². The fraction of sp³-hybridized carbons (Fsp3) is 0.700. The Morgan fingerprint density at radius 3 is 2.73 bits per heavy atom. The summed E-state index contributed by atoms with van der Waals surface area (Å²) < 4.78 is 10.4. The van der Waals surface area contributed by atoms with Gasteiger partial charge in [0.25, 0.3) is 5.76 Å². The Hall–Kier alpha value is -1.07. The Bertz CT molecular complexity index is 270. The number of piperazine rings is 1. The molecule has 0 radical (unpaired) electrons. The van der Waals surface area contributed by atoms with Crippen LogP contribution in [0.5, 0.6) is 0 Å². The second-order valence-electron chi connectivity index (χ2n) is 3.94. The number of hydrogen-bond donors (Lipinski definition) is 1. The third kappa shape index (κ3) is 2.49. The number of carbonyl (C=O) groups is 1. The van der Waals surface area contributed by atoms with Crippen molar-refractivity contribution in [2.75, 3.05) is 46.4 Å². The Morgan fingerprint density at radius 1 is 1.40 bits per heavy atom. The van der Waals surface area contributed by atoms with Gasteiger partial charge in [-0.25, -0.2) is 4.79 Å². The minimum absolute atomic E-state index is 0.0304. The predicted octanol–water partition coefficient (Wildman–Crippen LogP) is -1.77. The quantitative estimate of drug-likeness (QED) is 0.560. The maximum atomic E-state index is 11.9. The first-order valence-corrected chi connectivity index (χ1v) is 5.30. The van der Waals surface area contributed by atoms with Crippen LogP contribution in [0.3, 0.4) is 0 Å². The van der Waals surface area contributed by atoms with E-state index >= 15 is 0 Å². The van der Waals surface area contributed by atoms with Gasteiger partial charge in [-0.1, -0.05) is 0 Å². The molecule has 2 aliphatic rings. The molecule has 1 amide bonds. The van der Waals surface area contributed by atoms with E-state index in [2.05, 4.69) is 11.9 Å². The van der Waals surface area contributed by atoms with Crippen LogP contribution in [0.25, 0.3) is 0 Å². The van der Waals surface area contributed by atoms with E-state index in [-0.39, 0.29) is 5.91 Å². The second-order valence-corrected chi connectivity index (χ2v) is 3.94. The summed E-state index contributed by atoms with van der Waals surface area (Å²) in [7, 11) is 2.07. The van der Waals surface area contributed by atoms with Gasteiger partial charge in [0.2, 0.25) is 0 Å². The zero-order valence-electron chi connectivity index (χ0n) is 8.99. The molecular formula is C10H17N2O3+. The zero-order valence-corrected chi connectivity index (χ0v) is 8.99. The largest absolute Gasteiger partial charge is 0.493 e. The molecule has 1 saturated heterocycles. The first kappa shape index (κ1) is 10.4. The van der Waals surface area contributed by atoms with Gasteiger partial charge in [-0.2, -0.15) is 0 Å². The SMILES string of the molecule is CN1CC[NH+](C(=O)C2=COCCO2)CC1. The highest BCUT2D eigenvalue weighted by molar-refractivity contribution is 5.83. The molecule has 84 valence electrons. The molecule has 15 heavy (non-hydrogen) atoms. The maximum absolute atomic E-state index is 11.9. The molecule has 0 saturated carbocycles. The van der Waals surface area contributed by atoms with Crippen molar-refractivity contribution in [2.24, 2.45) is 0 Å². The van der Waals surface area contributed by atoms with Crippen molar-refractivity contribution in [2.45, 2.75) is 0 Å². The molecule has 0 unspecified atom stereocenters. The lowest BCUT2D eigenvalue weighted by Crippen LogP contribution is -3.17. The third-order valence-corrected chi connectivity index (χ3v) is 2.78. The van der Waals surface area contributed by atoms with Crippen LogP contribution >= 0.6 is 0 Å². The van der Waals surface area contributed by atoms with E-state index in [4.69, 9.17) is 9.47 Å². The average molecular weight is 213 g/mol. The van der Waals surface area contributed by atoms with Gasteiger partial charge < -0.3 is 9.47 Å². The lowest BCUT2D eigenvalue weighted by Gasteiger charge is -2.28. The predicted molar refractivity (Wildman–Crippen MR) is 53.2 cm³/mol. The summed E-state index contributed by atoms with van der Waals surface area (Å²) >= 11 is 0. The molecule has 2 heterocycles. The van der Waals surface area contributed by atoms with Gasteiger partial charge in [-0.05, 0) is 7.05 Å². The van der Waals surface area contributed by atoms with Crippen molar-refractivity contribution in [3.05, 3.63) is 12.0 Å². The Labute approximate surface area is 89.2 Å².